The van der Waals surface area contributed by atoms with Crippen molar-refractivity contribution in [1.29, 1.82) is 0 Å². The largest absolute Gasteiger partial charge is 0.399 e. The highest BCUT2D eigenvalue weighted by Gasteiger charge is 2.21. The molecule has 33 heavy (non-hydrogen) atoms. The van der Waals surface area contributed by atoms with Crippen molar-refractivity contribution in [2.75, 3.05) is 44.4 Å². The number of benzene rings is 2. The summed E-state index contributed by atoms with van der Waals surface area (Å²) in [4.78, 5) is 2.55. The van der Waals surface area contributed by atoms with Crippen molar-refractivity contribution in [3.63, 3.8) is 0 Å². The standard InChI is InChI=1S/C13H19N.C6H7N.C4H11N.C2H7N.4H4Si/c1-2-14(13-10-6-7-11-13)12-8-4-3-5-9-12;7-6-4-2-1-3-5-6;1-3-5-4-2;1-3-2;;;;/h3-5,8-9,13H,2,6-7,10-11H2,1H3;1-5H,7H2;5H,3-4H2,1-2H3;3H,1-2H3;4*1H4. The lowest BCUT2D eigenvalue weighted by Crippen LogP contribution is -2.32. The maximum Gasteiger partial charge on any atom is 0.0368 e. The van der Waals surface area contributed by atoms with Gasteiger partial charge in [0, 0.05) is 24.0 Å². The summed E-state index contributed by atoms with van der Waals surface area (Å²) in [5, 5.41) is 5.86. The van der Waals surface area contributed by atoms with Crippen LogP contribution >= 0.6 is 0 Å². The van der Waals surface area contributed by atoms with Crippen LogP contribution in [0, 0.1) is 0 Å². The Balaban J connectivity index is -0.000000118. The first-order chi connectivity index (χ1) is 14.1. The van der Waals surface area contributed by atoms with Gasteiger partial charge in [-0.15, -0.1) is 0 Å². The van der Waals surface area contributed by atoms with Crippen molar-refractivity contribution >= 4 is 55.2 Å². The predicted octanol–water partition coefficient (Wildman–Crippen LogP) is -0.631. The Morgan fingerprint density at radius 1 is 0.758 bits per heavy atom. The van der Waals surface area contributed by atoms with Gasteiger partial charge in [-0.3, -0.25) is 0 Å². The average molecular weight is 529 g/mol. The Morgan fingerprint density at radius 3 is 1.42 bits per heavy atom. The molecular weight excluding hydrogens is 469 g/mol. The fraction of sp³-hybridized carbons (Fsp3) is 0.520. The van der Waals surface area contributed by atoms with Gasteiger partial charge in [-0.1, -0.05) is 63.1 Å². The molecule has 0 spiro atoms. The third-order valence-electron chi connectivity index (χ3n) is 4.49. The molecule has 2 aromatic rings. The highest BCUT2D eigenvalue weighted by atomic mass is 28.1. The topological polar surface area (TPSA) is 53.3 Å². The number of hydrogen-bond acceptors (Lipinski definition) is 4. The normalized spacial score (nSPS) is 10.9. The van der Waals surface area contributed by atoms with Crippen LogP contribution in [0.4, 0.5) is 11.4 Å². The summed E-state index contributed by atoms with van der Waals surface area (Å²) in [6.45, 7) is 9.78. The molecule has 0 aromatic heterocycles. The molecule has 1 aliphatic rings. The number of rotatable bonds is 5. The molecule has 0 amide bonds. The molecule has 0 radical (unpaired) electrons. The zero-order valence-electron chi connectivity index (χ0n) is 19.3. The lowest BCUT2D eigenvalue weighted by atomic mass is 10.2. The van der Waals surface area contributed by atoms with Crippen molar-refractivity contribution in [3.8, 4) is 0 Å². The molecule has 3 rings (SSSR count). The molecule has 4 nitrogen and oxygen atoms in total. The van der Waals surface area contributed by atoms with Crippen LogP contribution in [0.2, 0.25) is 0 Å². The number of hydrogen-bond donors (Lipinski definition) is 3. The lowest BCUT2D eigenvalue weighted by Gasteiger charge is -2.29. The minimum atomic E-state index is 0. The highest BCUT2D eigenvalue weighted by molar-refractivity contribution is 5.76. The van der Waals surface area contributed by atoms with Crippen molar-refractivity contribution in [3.05, 3.63) is 60.7 Å². The van der Waals surface area contributed by atoms with Gasteiger partial charge in [0.1, 0.15) is 0 Å². The van der Waals surface area contributed by atoms with E-state index < -0.39 is 0 Å². The van der Waals surface area contributed by atoms with Gasteiger partial charge in [0.25, 0.3) is 0 Å². The van der Waals surface area contributed by atoms with E-state index in [1.54, 1.807) is 0 Å². The van der Waals surface area contributed by atoms with Crippen LogP contribution in [0.1, 0.15) is 46.5 Å². The van der Waals surface area contributed by atoms with Gasteiger partial charge in [0.2, 0.25) is 0 Å². The summed E-state index contributed by atoms with van der Waals surface area (Å²) >= 11 is 0. The first-order valence-electron chi connectivity index (χ1n) is 11.1. The Labute approximate surface area is 223 Å². The third-order valence-corrected chi connectivity index (χ3v) is 4.49. The molecule has 1 saturated carbocycles. The summed E-state index contributed by atoms with van der Waals surface area (Å²) in [7, 11) is 3.75. The van der Waals surface area contributed by atoms with E-state index in [-0.39, 0.29) is 43.9 Å². The summed E-state index contributed by atoms with van der Waals surface area (Å²) in [5.74, 6) is 0. The van der Waals surface area contributed by atoms with Crippen molar-refractivity contribution in [1.82, 2.24) is 10.6 Å². The van der Waals surface area contributed by atoms with E-state index in [2.05, 4.69) is 66.6 Å². The summed E-state index contributed by atoms with van der Waals surface area (Å²) in [6.07, 6.45) is 5.58. The molecule has 0 unspecified atom stereocenters. The summed E-state index contributed by atoms with van der Waals surface area (Å²) < 4.78 is 0. The number of anilines is 2. The van der Waals surface area contributed by atoms with Gasteiger partial charge < -0.3 is 21.3 Å². The molecule has 8 heteroatoms. The maximum absolute atomic E-state index is 5.36. The van der Waals surface area contributed by atoms with Gasteiger partial charge in [-0.25, -0.2) is 0 Å². The molecule has 0 saturated heterocycles. The van der Waals surface area contributed by atoms with E-state index in [1.165, 1.54) is 31.4 Å². The highest BCUT2D eigenvalue weighted by Crippen LogP contribution is 2.27. The molecule has 0 bridgehead atoms. The summed E-state index contributed by atoms with van der Waals surface area (Å²) in [5.41, 5.74) is 7.57. The number of nitrogens with one attached hydrogen (secondary N) is 2. The van der Waals surface area contributed by atoms with Crippen LogP contribution in [0.3, 0.4) is 0 Å². The van der Waals surface area contributed by atoms with Crippen LogP contribution in [0.25, 0.3) is 0 Å². The van der Waals surface area contributed by atoms with E-state index >= 15 is 0 Å². The number of nitrogens with two attached hydrogens (primary N) is 1. The van der Waals surface area contributed by atoms with E-state index in [0.29, 0.717) is 0 Å². The van der Waals surface area contributed by atoms with E-state index in [9.17, 15) is 0 Å². The zero-order chi connectivity index (χ0) is 21.7. The minimum Gasteiger partial charge on any atom is -0.399 e. The number of nitrogen functional groups attached to an aromatic ring is 1. The molecule has 0 heterocycles. The molecule has 0 atom stereocenters. The SMILES string of the molecule is CCN(c1ccccc1)C1CCCC1.CCNCC.CNC.Nc1ccccc1.[SiH4].[SiH4].[SiH4].[SiH4]. The van der Waals surface area contributed by atoms with Gasteiger partial charge in [-0.05, 0) is 115 Å². The Morgan fingerprint density at radius 2 is 1.15 bits per heavy atom. The Kier molecular flexibility index (Phi) is 39.3. The molecule has 4 N–H and O–H groups in total. The van der Waals surface area contributed by atoms with E-state index in [1.807, 2.05) is 44.4 Å². The fourth-order valence-electron chi connectivity index (χ4n) is 3.19. The fourth-order valence-corrected chi connectivity index (χ4v) is 3.19. The summed E-state index contributed by atoms with van der Waals surface area (Å²) in [6, 6.07) is 21.1. The second-order valence-corrected chi connectivity index (χ2v) is 6.93. The average Bonchev–Trinajstić information content (AvgIpc) is 3.27. The molecule has 1 aliphatic carbocycles. The monoisotopic (exact) mass is 528 g/mol. The van der Waals surface area contributed by atoms with Crippen LogP contribution in [-0.2, 0) is 0 Å². The predicted molar refractivity (Wildman–Crippen MR) is 177 cm³/mol. The van der Waals surface area contributed by atoms with Crippen LogP contribution in [0.15, 0.2) is 60.7 Å². The molecule has 1 fully saturated rings. The number of para-hydroxylation sites is 2. The smallest absolute Gasteiger partial charge is 0.0368 e. The van der Waals surface area contributed by atoms with E-state index in [0.717, 1.165) is 31.4 Å². The van der Waals surface area contributed by atoms with Crippen molar-refractivity contribution in [2.45, 2.75) is 52.5 Å². The van der Waals surface area contributed by atoms with Gasteiger partial charge >= 0.3 is 0 Å². The minimum absolute atomic E-state index is 0. The number of nitrogens with zero attached hydrogens (tertiary/aromatic N) is 1. The quantitative estimate of drug-likeness (QED) is 0.357. The van der Waals surface area contributed by atoms with Crippen LogP contribution in [0.5, 0.6) is 0 Å². The molecule has 196 valence electrons. The van der Waals surface area contributed by atoms with Gasteiger partial charge in [-0.2, -0.15) is 0 Å². The molecular formula is C25H60N4Si4. The second-order valence-electron chi connectivity index (χ2n) is 6.93. The molecule has 0 aliphatic heterocycles. The van der Waals surface area contributed by atoms with Crippen LogP contribution < -0.4 is 21.3 Å². The molecule has 2 aromatic carbocycles. The van der Waals surface area contributed by atoms with Crippen molar-refractivity contribution in [2.24, 2.45) is 0 Å². The Hall–Kier alpha value is -1.17. The zero-order valence-corrected chi connectivity index (χ0v) is 19.3. The van der Waals surface area contributed by atoms with Gasteiger partial charge in [0.05, 0.1) is 0 Å². The lowest BCUT2D eigenvalue weighted by molar-refractivity contribution is 0.620. The van der Waals surface area contributed by atoms with Gasteiger partial charge in [0.15, 0.2) is 0 Å². The van der Waals surface area contributed by atoms with Crippen LogP contribution in [-0.4, -0.2) is 83.6 Å². The van der Waals surface area contributed by atoms with E-state index in [4.69, 9.17) is 5.73 Å². The first kappa shape index (κ1) is 42.0. The maximum atomic E-state index is 5.36. The second kappa shape index (κ2) is 30.8. The first-order valence-corrected chi connectivity index (χ1v) is 11.1. The Bertz CT molecular complexity index is 569. The third kappa shape index (κ3) is 22.4. The van der Waals surface area contributed by atoms with Crippen molar-refractivity contribution < 1.29 is 0 Å².